The third-order valence-corrected chi connectivity index (χ3v) is 2.53. The second kappa shape index (κ2) is 5.75. The Morgan fingerprint density at radius 2 is 2.12 bits per heavy atom. The van der Waals surface area contributed by atoms with E-state index in [4.69, 9.17) is 5.11 Å². The van der Waals surface area contributed by atoms with Gasteiger partial charge in [0, 0.05) is 12.6 Å². The minimum atomic E-state index is -0.425. The van der Waals surface area contributed by atoms with E-state index >= 15 is 0 Å². The van der Waals surface area contributed by atoms with E-state index in [1.807, 2.05) is 13.8 Å². The number of halogens is 1. The molecule has 5 heteroatoms. The van der Waals surface area contributed by atoms with Gasteiger partial charge in [0.05, 0.1) is 5.69 Å². The number of aliphatic hydroxyl groups excluding tert-OH is 1. The van der Waals surface area contributed by atoms with Crippen LogP contribution in [0.2, 0.25) is 0 Å². The molecule has 90 valence electrons. The molecular weight excluding hydrogens is 209 g/mol. The van der Waals surface area contributed by atoms with Crippen LogP contribution in [0.25, 0.3) is 0 Å². The summed E-state index contributed by atoms with van der Waals surface area (Å²) in [6.07, 6.45) is 1.90. The SMILES string of the molecule is Cc1ncnc(NC(CCO)C(C)C)c1F. The van der Waals surface area contributed by atoms with E-state index in [1.165, 1.54) is 6.33 Å². The Hall–Kier alpha value is -1.23. The van der Waals surface area contributed by atoms with Crippen molar-refractivity contribution < 1.29 is 9.50 Å². The molecule has 0 bridgehead atoms. The zero-order valence-electron chi connectivity index (χ0n) is 9.87. The highest BCUT2D eigenvalue weighted by Gasteiger charge is 2.16. The lowest BCUT2D eigenvalue weighted by Crippen LogP contribution is -2.28. The van der Waals surface area contributed by atoms with Crippen molar-refractivity contribution in [2.75, 3.05) is 11.9 Å². The monoisotopic (exact) mass is 227 g/mol. The fourth-order valence-corrected chi connectivity index (χ4v) is 1.45. The average Bonchev–Trinajstić information content (AvgIpc) is 2.23. The minimum absolute atomic E-state index is 0.00815. The van der Waals surface area contributed by atoms with Crippen molar-refractivity contribution in [1.29, 1.82) is 0 Å². The number of hydrogen-bond donors (Lipinski definition) is 2. The summed E-state index contributed by atoms with van der Waals surface area (Å²) in [6.45, 7) is 5.69. The van der Waals surface area contributed by atoms with Gasteiger partial charge in [-0.05, 0) is 19.3 Å². The minimum Gasteiger partial charge on any atom is -0.396 e. The summed E-state index contributed by atoms with van der Waals surface area (Å²) < 4.78 is 13.6. The summed E-state index contributed by atoms with van der Waals surface area (Å²) in [5, 5.41) is 11.9. The topological polar surface area (TPSA) is 58.0 Å². The summed E-state index contributed by atoms with van der Waals surface area (Å²) in [7, 11) is 0. The van der Waals surface area contributed by atoms with Crippen LogP contribution in [0, 0.1) is 18.7 Å². The number of rotatable bonds is 5. The summed E-state index contributed by atoms with van der Waals surface area (Å²) >= 11 is 0. The average molecular weight is 227 g/mol. The van der Waals surface area contributed by atoms with Gasteiger partial charge >= 0.3 is 0 Å². The molecule has 1 aromatic heterocycles. The van der Waals surface area contributed by atoms with Gasteiger partial charge in [0.25, 0.3) is 0 Å². The van der Waals surface area contributed by atoms with Crippen LogP contribution < -0.4 is 5.32 Å². The van der Waals surface area contributed by atoms with Crippen molar-refractivity contribution >= 4 is 5.82 Å². The predicted octanol–water partition coefficient (Wildman–Crippen LogP) is 1.74. The van der Waals surface area contributed by atoms with Crippen LogP contribution in [0.1, 0.15) is 26.0 Å². The molecule has 0 aliphatic carbocycles. The molecule has 4 nitrogen and oxygen atoms in total. The molecule has 0 aliphatic heterocycles. The van der Waals surface area contributed by atoms with E-state index < -0.39 is 5.82 Å². The maximum Gasteiger partial charge on any atom is 0.186 e. The molecule has 0 fully saturated rings. The summed E-state index contributed by atoms with van der Waals surface area (Å²) in [5.41, 5.74) is 0.323. The van der Waals surface area contributed by atoms with Gasteiger partial charge in [0.15, 0.2) is 11.6 Å². The van der Waals surface area contributed by atoms with Crippen molar-refractivity contribution in [1.82, 2.24) is 9.97 Å². The summed E-state index contributed by atoms with van der Waals surface area (Å²) in [6, 6.07) is 0.00815. The molecule has 1 atom stereocenters. The maximum atomic E-state index is 13.6. The molecule has 1 aromatic rings. The number of nitrogens with zero attached hydrogens (tertiary/aromatic N) is 2. The van der Waals surface area contributed by atoms with Gasteiger partial charge < -0.3 is 10.4 Å². The Morgan fingerprint density at radius 3 is 2.69 bits per heavy atom. The van der Waals surface area contributed by atoms with Crippen molar-refractivity contribution in [3.63, 3.8) is 0 Å². The van der Waals surface area contributed by atoms with E-state index in [0.717, 1.165) is 0 Å². The highest BCUT2D eigenvalue weighted by molar-refractivity contribution is 5.38. The number of aliphatic hydroxyl groups is 1. The maximum absolute atomic E-state index is 13.6. The van der Waals surface area contributed by atoms with Gasteiger partial charge in [0.2, 0.25) is 0 Å². The zero-order valence-corrected chi connectivity index (χ0v) is 9.87. The second-order valence-corrected chi connectivity index (χ2v) is 4.13. The van der Waals surface area contributed by atoms with Crippen LogP contribution in [-0.4, -0.2) is 27.7 Å². The van der Waals surface area contributed by atoms with Gasteiger partial charge in [-0.25, -0.2) is 14.4 Å². The molecule has 16 heavy (non-hydrogen) atoms. The van der Waals surface area contributed by atoms with Crippen LogP contribution in [0.5, 0.6) is 0 Å². The standard InChI is InChI=1S/C11H18FN3O/c1-7(2)9(4-5-16)15-11-10(12)8(3)13-6-14-11/h6-7,9,16H,4-5H2,1-3H3,(H,13,14,15). The van der Waals surface area contributed by atoms with E-state index in [0.29, 0.717) is 18.0 Å². The van der Waals surface area contributed by atoms with Crippen molar-refractivity contribution in [3.05, 3.63) is 17.8 Å². The van der Waals surface area contributed by atoms with Gasteiger partial charge in [0.1, 0.15) is 6.33 Å². The molecule has 1 rings (SSSR count). The first-order chi connectivity index (χ1) is 7.56. The van der Waals surface area contributed by atoms with Gasteiger partial charge in [-0.2, -0.15) is 0 Å². The Morgan fingerprint density at radius 1 is 1.44 bits per heavy atom. The Balaban J connectivity index is 2.81. The lowest BCUT2D eigenvalue weighted by Gasteiger charge is -2.22. The molecule has 0 radical (unpaired) electrons. The van der Waals surface area contributed by atoms with Gasteiger partial charge in [-0.3, -0.25) is 0 Å². The van der Waals surface area contributed by atoms with Crippen LogP contribution in [0.15, 0.2) is 6.33 Å². The zero-order chi connectivity index (χ0) is 12.1. The fraction of sp³-hybridized carbons (Fsp3) is 0.636. The van der Waals surface area contributed by atoms with Gasteiger partial charge in [-0.15, -0.1) is 0 Å². The van der Waals surface area contributed by atoms with E-state index in [-0.39, 0.29) is 18.5 Å². The molecule has 2 N–H and O–H groups in total. The van der Waals surface area contributed by atoms with E-state index in [1.54, 1.807) is 6.92 Å². The Kier molecular flexibility index (Phi) is 4.61. The molecule has 1 heterocycles. The summed E-state index contributed by atoms with van der Waals surface area (Å²) in [4.78, 5) is 7.63. The molecule has 0 saturated carbocycles. The van der Waals surface area contributed by atoms with E-state index in [2.05, 4.69) is 15.3 Å². The molecule has 0 amide bonds. The molecule has 0 saturated heterocycles. The number of aromatic nitrogens is 2. The first kappa shape index (κ1) is 12.8. The largest absolute Gasteiger partial charge is 0.396 e. The first-order valence-corrected chi connectivity index (χ1v) is 5.40. The van der Waals surface area contributed by atoms with Crippen LogP contribution in [0.4, 0.5) is 10.2 Å². The highest BCUT2D eigenvalue weighted by Crippen LogP contribution is 2.17. The van der Waals surface area contributed by atoms with Gasteiger partial charge in [-0.1, -0.05) is 13.8 Å². The first-order valence-electron chi connectivity index (χ1n) is 5.40. The summed E-state index contributed by atoms with van der Waals surface area (Å²) in [5.74, 6) is 0.0764. The quantitative estimate of drug-likeness (QED) is 0.804. The van der Waals surface area contributed by atoms with Crippen molar-refractivity contribution in [2.24, 2.45) is 5.92 Å². The van der Waals surface area contributed by atoms with Crippen LogP contribution >= 0.6 is 0 Å². The second-order valence-electron chi connectivity index (χ2n) is 4.13. The Bertz CT molecular complexity index is 344. The fourth-order valence-electron chi connectivity index (χ4n) is 1.45. The lowest BCUT2D eigenvalue weighted by atomic mass is 10.0. The van der Waals surface area contributed by atoms with Crippen molar-refractivity contribution in [3.8, 4) is 0 Å². The normalized spacial score (nSPS) is 12.9. The molecular formula is C11H18FN3O. The van der Waals surface area contributed by atoms with Crippen molar-refractivity contribution in [2.45, 2.75) is 33.2 Å². The molecule has 0 aliphatic rings. The smallest absolute Gasteiger partial charge is 0.186 e. The van der Waals surface area contributed by atoms with Crippen LogP contribution in [-0.2, 0) is 0 Å². The molecule has 0 spiro atoms. The Labute approximate surface area is 94.9 Å². The number of anilines is 1. The van der Waals surface area contributed by atoms with E-state index in [9.17, 15) is 4.39 Å². The lowest BCUT2D eigenvalue weighted by molar-refractivity contribution is 0.267. The van der Waals surface area contributed by atoms with Crippen LogP contribution in [0.3, 0.4) is 0 Å². The molecule has 0 aromatic carbocycles. The predicted molar refractivity (Wildman–Crippen MR) is 60.7 cm³/mol. The number of hydrogen-bond acceptors (Lipinski definition) is 4. The number of nitrogens with one attached hydrogen (secondary N) is 1. The highest BCUT2D eigenvalue weighted by atomic mass is 19.1. The molecule has 1 unspecified atom stereocenters. The third kappa shape index (κ3) is 3.13. The third-order valence-electron chi connectivity index (χ3n) is 2.53. The number of aryl methyl sites for hydroxylation is 1.